The van der Waals surface area contributed by atoms with E-state index in [1.807, 2.05) is 13.0 Å². The molecule has 7 N–H and O–H groups in total. The number of hydrogen-bond acceptors (Lipinski definition) is 4. The van der Waals surface area contributed by atoms with E-state index < -0.39 is 11.4 Å². The van der Waals surface area contributed by atoms with Crippen LogP contribution in [0, 0.1) is 55.7 Å². The number of guanidine groups is 2. The van der Waals surface area contributed by atoms with Crippen molar-refractivity contribution in [3.63, 3.8) is 0 Å². The van der Waals surface area contributed by atoms with Gasteiger partial charge in [-0.1, -0.05) is 47.1 Å². The average molecular weight is 600 g/mol. The van der Waals surface area contributed by atoms with Crippen LogP contribution in [0.5, 0.6) is 0 Å². The van der Waals surface area contributed by atoms with Gasteiger partial charge in [-0.2, -0.15) is 4.99 Å². The molecular weight excluding hydrogens is 542 g/mol. The third kappa shape index (κ3) is 5.01. The van der Waals surface area contributed by atoms with E-state index in [1.54, 1.807) is 14.1 Å². The van der Waals surface area contributed by atoms with Gasteiger partial charge in [0, 0.05) is 20.0 Å². The average Bonchev–Trinajstić information content (AvgIpc) is 2.88. The normalized spacial score (nSPS) is 44.5. The number of carbonyl (C=O) groups excluding carboxylic acids is 1. The van der Waals surface area contributed by atoms with E-state index in [0.29, 0.717) is 12.3 Å². The Morgan fingerprint density at radius 2 is 1.58 bits per heavy atom. The van der Waals surface area contributed by atoms with Crippen molar-refractivity contribution in [3.05, 3.63) is 11.6 Å². The zero-order chi connectivity index (χ0) is 32.6. The predicted octanol–water partition coefficient (Wildman–Crippen LogP) is 5.17. The van der Waals surface area contributed by atoms with E-state index in [1.165, 1.54) is 10.5 Å². The van der Waals surface area contributed by atoms with E-state index in [-0.39, 0.29) is 62.7 Å². The summed E-state index contributed by atoms with van der Waals surface area (Å²) in [6, 6.07) is 0. The number of aliphatic hydroxyl groups excluding tert-OH is 1. The molecule has 5 rings (SSSR count). The lowest BCUT2D eigenvalue weighted by Gasteiger charge is -2.70. The summed E-state index contributed by atoms with van der Waals surface area (Å²) in [5.41, 5.74) is 10.1. The molecule has 5 aliphatic carbocycles. The van der Waals surface area contributed by atoms with Crippen molar-refractivity contribution in [3.8, 4) is 0 Å². The molecule has 9 heteroatoms. The number of carboxylic acids is 1. The minimum atomic E-state index is -0.711. The molecule has 0 unspecified atom stereocenters. The molecule has 43 heavy (non-hydrogen) atoms. The van der Waals surface area contributed by atoms with Crippen molar-refractivity contribution in [2.75, 3.05) is 14.1 Å². The maximum absolute atomic E-state index is 14.2. The number of aliphatic hydroxyl groups is 1. The second-order valence-electron chi connectivity index (χ2n) is 16.7. The summed E-state index contributed by atoms with van der Waals surface area (Å²) in [5.74, 6) is 0.0220. The van der Waals surface area contributed by atoms with Gasteiger partial charge < -0.3 is 26.6 Å². The molecule has 0 amide bonds. The van der Waals surface area contributed by atoms with Crippen LogP contribution in [-0.4, -0.2) is 59.0 Å². The summed E-state index contributed by atoms with van der Waals surface area (Å²) in [7, 11) is 3.38. The van der Waals surface area contributed by atoms with Gasteiger partial charge in [-0.05, 0) is 110 Å². The number of nitrogens with two attached hydrogens (primary N) is 2. The van der Waals surface area contributed by atoms with Gasteiger partial charge in [0.05, 0.1) is 11.5 Å². The highest BCUT2D eigenvalue weighted by Crippen LogP contribution is 2.75. The summed E-state index contributed by atoms with van der Waals surface area (Å²) in [6.45, 7) is 15.8. The van der Waals surface area contributed by atoms with Gasteiger partial charge in [0.25, 0.3) is 0 Å². The second-order valence-corrected chi connectivity index (χ2v) is 16.7. The third-order valence-corrected chi connectivity index (χ3v) is 13.7. The Bertz CT molecular complexity index is 1240. The Labute approximate surface area is 258 Å². The van der Waals surface area contributed by atoms with Crippen LogP contribution in [0.4, 0.5) is 0 Å². The number of carboxylic acid groups (broad SMARTS) is 1. The molecule has 9 atom stereocenters. The highest BCUT2D eigenvalue weighted by molar-refractivity contribution is 5.96. The van der Waals surface area contributed by atoms with E-state index in [4.69, 9.17) is 16.9 Å². The minimum absolute atomic E-state index is 0.0296. The summed E-state index contributed by atoms with van der Waals surface area (Å²) in [6.07, 6.45) is 9.95. The van der Waals surface area contributed by atoms with E-state index >= 15 is 0 Å². The van der Waals surface area contributed by atoms with Crippen molar-refractivity contribution in [2.45, 2.75) is 112 Å². The monoisotopic (exact) mass is 599 g/mol. The minimum Gasteiger partial charge on any atom is -0.481 e. The molecule has 0 heterocycles. The number of allylic oxidation sites excluding steroid dienone is 2. The van der Waals surface area contributed by atoms with Crippen molar-refractivity contribution in [1.82, 2.24) is 4.90 Å². The van der Waals surface area contributed by atoms with Gasteiger partial charge in [0.2, 0.25) is 5.96 Å². The zero-order valence-corrected chi connectivity index (χ0v) is 28.0. The number of aliphatic carboxylic acids is 1. The van der Waals surface area contributed by atoms with Crippen LogP contribution in [0.2, 0.25) is 0 Å². The number of hydrogen-bond donors (Lipinski definition) is 5. The first kappa shape index (κ1) is 33.5. The third-order valence-electron chi connectivity index (χ3n) is 13.7. The first-order valence-electron chi connectivity index (χ1n) is 16.1. The van der Waals surface area contributed by atoms with Crippen LogP contribution >= 0.6 is 0 Å². The lowest BCUT2D eigenvalue weighted by molar-refractivity contribution is -0.202. The van der Waals surface area contributed by atoms with E-state index in [9.17, 15) is 19.8 Å². The van der Waals surface area contributed by atoms with Crippen LogP contribution in [0.15, 0.2) is 16.6 Å². The largest absolute Gasteiger partial charge is 0.481 e. The van der Waals surface area contributed by atoms with Crippen molar-refractivity contribution in [2.24, 2.45) is 66.7 Å². The van der Waals surface area contributed by atoms with E-state index in [2.05, 4.69) is 46.5 Å². The maximum atomic E-state index is 14.2. The Morgan fingerprint density at radius 1 is 0.977 bits per heavy atom. The number of ketones is 1. The van der Waals surface area contributed by atoms with Gasteiger partial charge in [-0.15, -0.1) is 0 Å². The molecule has 0 spiro atoms. The Hall–Kier alpha value is -2.42. The molecule has 0 aliphatic heterocycles. The number of carbonyl (C=O) groups is 2. The number of nitrogens with one attached hydrogen (secondary N) is 1. The van der Waals surface area contributed by atoms with Crippen LogP contribution in [-0.2, 0) is 9.59 Å². The fourth-order valence-electron chi connectivity index (χ4n) is 10.6. The number of nitrogens with zero attached hydrogens (tertiary/aromatic N) is 2. The van der Waals surface area contributed by atoms with Gasteiger partial charge in [0.1, 0.15) is 0 Å². The van der Waals surface area contributed by atoms with Gasteiger partial charge in [0.15, 0.2) is 11.7 Å². The molecule has 242 valence electrons. The lowest BCUT2D eigenvalue weighted by atomic mass is 9.33. The van der Waals surface area contributed by atoms with Gasteiger partial charge in [-0.3, -0.25) is 15.0 Å². The molecular formula is C34H57N5O4. The maximum Gasteiger partial charge on any atom is 0.309 e. The van der Waals surface area contributed by atoms with Gasteiger partial charge >= 0.3 is 5.97 Å². The summed E-state index contributed by atoms with van der Waals surface area (Å²) in [5, 5.41) is 28.0. The highest BCUT2D eigenvalue weighted by atomic mass is 16.4. The summed E-state index contributed by atoms with van der Waals surface area (Å²) < 4.78 is 0. The van der Waals surface area contributed by atoms with Gasteiger partial charge in [-0.25, -0.2) is 0 Å². The molecule has 0 saturated heterocycles. The van der Waals surface area contributed by atoms with Crippen molar-refractivity contribution < 1.29 is 19.8 Å². The fourth-order valence-corrected chi connectivity index (χ4v) is 10.6. The molecule has 0 bridgehead atoms. The van der Waals surface area contributed by atoms with Crippen LogP contribution in [0.3, 0.4) is 0 Å². The SMILES string of the molecule is CC1(C)[C@@H](O)CC[C@]2(C)[C@H]3C(=O)C=C4[C@@H]5C[C@@](C)(C(=O)O)CC[C@]5(C)CC[C@@]4(C)[C@]3(C)CC[C@@H]12.CN(C)C(=N)N=C(N)N. The molecule has 4 fully saturated rings. The first-order chi connectivity index (χ1) is 19.6. The lowest BCUT2D eigenvalue weighted by Crippen LogP contribution is -2.66. The van der Waals surface area contributed by atoms with Crippen LogP contribution in [0.1, 0.15) is 106 Å². The smallest absolute Gasteiger partial charge is 0.309 e. The van der Waals surface area contributed by atoms with Crippen LogP contribution < -0.4 is 11.5 Å². The number of rotatable bonds is 1. The van der Waals surface area contributed by atoms with Crippen LogP contribution in [0.25, 0.3) is 0 Å². The van der Waals surface area contributed by atoms with E-state index in [0.717, 1.165) is 51.4 Å². The Morgan fingerprint density at radius 3 is 2.12 bits per heavy atom. The summed E-state index contributed by atoms with van der Waals surface area (Å²) in [4.78, 5) is 31.4. The topological polar surface area (TPSA) is 166 Å². The zero-order valence-electron chi connectivity index (χ0n) is 28.0. The Balaban J connectivity index is 0.000000410. The fraction of sp³-hybridized carbons (Fsp3) is 0.824. The number of fused-ring (bicyclic) bond motifs is 7. The second kappa shape index (κ2) is 10.6. The molecule has 0 aromatic carbocycles. The standard InChI is InChI=1S/C30H46O4.C4H11N5/c1-25(2)21-8-11-30(7)23(28(21,5)10-9-22(25)32)20(31)16-18-19-17-27(4,24(33)34)13-12-26(19,3)14-15-29(18,30)6;1-9(2)4(7)8-3(5)6/h16,19,21-23,32H,8-15,17H2,1-7H3,(H,33,34);1-2H3,(H5,5,6,7,8)/t19-,21-,22-,23+,26+,27-,28-,29+,30+;/m0./s1. The van der Waals surface area contributed by atoms with Crippen molar-refractivity contribution >= 4 is 23.7 Å². The predicted molar refractivity (Wildman–Crippen MR) is 170 cm³/mol. The summed E-state index contributed by atoms with van der Waals surface area (Å²) >= 11 is 0. The quantitative estimate of drug-likeness (QED) is 0.205. The van der Waals surface area contributed by atoms with Crippen molar-refractivity contribution in [1.29, 1.82) is 5.41 Å². The highest BCUT2D eigenvalue weighted by Gasteiger charge is 2.70. The molecule has 5 aliphatic rings. The Kier molecular flexibility index (Phi) is 8.24. The molecule has 4 saturated carbocycles. The molecule has 0 radical (unpaired) electrons. The molecule has 0 aromatic rings. The molecule has 0 aromatic heterocycles. The first-order valence-corrected chi connectivity index (χ1v) is 16.1. The number of aliphatic imine (C=N–C) groups is 1. The molecule has 9 nitrogen and oxygen atoms in total.